The zero-order valence-corrected chi connectivity index (χ0v) is 27.8. The number of nitrogens with one attached hydrogen (secondary N) is 4. The van der Waals surface area contributed by atoms with Gasteiger partial charge in [0.2, 0.25) is 0 Å². The Balaban J connectivity index is 1.22. The lowest BCUT2D eigenvalue weighted by molar-refractivity contribution is -0.0245. The summed E-state index contributed by atoms with van der Waals surface area (Å²) in [5, 5.41) is 18.7. The van der Waals surface area contributed by atoms with Gasteiger partial charge in [0.15, 0.2) is 0 Å². The van der Waals surface area contributed by atoms with Gasteiger partial charge in [0.1, 0.15) is 23.1 Å². The highest BCUT2D eigenvalue weighted by molar-refractivity contribution is 6.33. The number of rotatable bonds is 10. The van der Waals surface area contributed by atoms with Crippen molar-refractivity contribution in [3.63, 3.8) is 0 Å². The second kappa shape index (κ2) is 13.4. The molecule has 5 N–H and O–H groups in total. The van der Waals surface area contributed by atoms with Crippen LogP contribution in [-0.4, -0.2) is 39.0 Å². The number of fused-ring (bicyclic) bond motifs is 1. The van der Waals surface area contributed by atoms with E-state index in [-0.39, 0.29) is 56.8 Å². The molecule has 13 heteroatoms. The summed E-state index contributed by atoms with van der Waals surface area (Å²) >= 11 is 6.27. The van der Waals surface area contributed by atoms with Gasteiger partial charge in [-0.25, -0.2) is 8.78 Å². The summed E-state index contributed by atoms with van der Waals surface area (Å²) in [7, 11) is 0. The van der Waals surface area contributed by atoms with Crippen LogP contribution in [0.3, 0.4) is 0 Å². The molecule has 0 unspecified atom stereocenters. The Morgan fingerprint density at radius 2 is 1.80 bits per heavy atom. The fourth-order valence-electron chi connectivity index (χ4n) is 6.82. The highest BCUT2D eigenvalue weighted by Crippen LogP contribution is 2.45. The minimum Gasteiger partial charge on any atom is -0.507 e. The van der Waals surface area contributed by atoms with Gasteiger partial charge in [0, 0.05) is 48.3 Å². The molecule has 1 aliphatic carbocycles. The zero-order chi connectivity index (χ0) is 35.9. The van der Waals surface area contributed by atoms with Gasteiger partial charge in [-0.2, -0.15) is 8.78 Å². The number of hydrogen-bond donors (Lipinski definition) is 5. The average molecular weight is 718 g/mol. The van der Waals surface area contributed by atoms with Crippen molar-refractivity contribution >= 4 is 34.8 Å². The van der Waals surface area contributed by atoms with Crippen LogP contribution in [0, 0.1) is 11.6 Å². The van der Waals surface area contributed by atoms with E-state index < -0.39 is 41.5 Å². The molecule has 262 valence electrons. The van der Waals surface area contributed by atoms with Crippen LogP contribution in [0.5, 0.6) is 5.75 Å². The number of halogens is 5. The van der Waals surface area contributed by atoms with Crippen molar-refractivity contribution in [1.29, 1.82) is 0 Å². The minimum absolute atomic E-state index is 0.0222. The lowest BCUT2D eigenvalue weighted by Gasteiger charge is -2.45. The van der Waals surface area contributed by atoms with Crippen molar-refractivity contribution in [1.82, 2.24) is 20.6 Å². The van der Waals surface area contributed by atoms with E-state index in [0.29, 0.717) is 23.4 Å². The Morgan fingerprint density at radius 3 is 2.53 bits per heavy atom. The Morgan fingerprint density at radius 1 is 1.04 bits per heavy atom. The van der Waals surface area contributed by atoms with Crippen LogP contribution in [0.4, 0.5) is 28.9 Å². The Kier molecular flexibility index (Phi) is 8.96. The van der Waals surface area contributed by atoms with E-state index in [9.17, 15) is 23.5 Å². The Bertz CT molecular complexity index is 2130. The van der Waals surface area contributed by atoms with E-state index in [1.807, 2.05) is 0 Å². The summed E-state index contributed by atoms with van der Waals surface area (Å²) in [5.41, 5.74) is 1.30. The lowest BCUT2D eigenvalue weighted by Crippen LogP contribution is -2.57. The van der Waals surface area contributed by atoms with Crippen molar-refractivity contribution in [3.8, 4) is 17.0 Å². The summed E-state index contributed by atoms with van der Waals surface area (Å²) in [6.07, 6.45) is 3.49. The molecule has 0 radical (unpaired) electrons. The normalized spacial score (nSPS) is 15.4. The van der Waals surface area contributed by atoms with E-state index >= 15 is 8.78 Å². The number of aromatic hydroxyl groups is 1. The molecule has 7 rings (SSSR count). The number of aromatic nitrogens is 2. The molecule has 0 bridgehead atoms. The molecule has 1 atom stereocenters. The molecular weight excluding hydrogens is 686 g/mol. The van der Waals surface area contributed by atoms with E-state index in [4.69, 9.17) is 11.6 Å². The number of phenols is 1. The number of amides is 2. The fraction of sp³-hybridized carbons (Fsp3) is 0.237. The summed E-state index contributed by atoms with van der Waals surface area (Å²) in [6.45, 7) is -0.253. The van der Waals surface area contributed by atoms with Crippen molar-refractivity contribution in [2.45, 2.75) is 49.5 Å². The molecule has 3 aromatic carbocycles. The van der Waals surface area contributed by atoms with E-state index in [1.165, 1.54) is 54.7 Å². The second-order valence-corrected chi connectivity index (χ2v) is 13.4. The number of aromatic amines is 1. The number of hydrogen-bond acceptors (Lipinski definition) is 5. The van der Waals surface area contributed by atoms with Crippen LogP contribution in [0.1, 0.15) is 69.3 Å². The van der Waals surface area contributed by atoms with Gasteiger partial charge >= 0.3 is 0 Å². The number of alkyl halides is 2. The molecule has 0 saturated heterocycles. The van der Waals surface area contributed by atoms with Gasteiger partial charge in [-0.1, -0.05) is 41.9 Å². The summed E-state index contributed by atoms with van der Waals surface area (Å²) < 4.78 is 60.9. The molecular formula is C38H32ClF4N5O3. The monoisotopic (exact) mass is 717 g/mol. The first-order chi connectivity index (χ1) is 24.4. The minimum atomic E-state index is -3.56. The van der Waals surface area contributed by atoms with Crippen LogP contribution < -0.4 is 16.0 Å². The number of benzene rings is 3. The number of para-hydroxylation sites is 1. The number of phenolic OH excluding ortho intramolecular Hbond substituents is 1. The SMILES string of the molecule is O=C(NC[C@@H](CC(F)(F)c1cc(-c2[nH]c3c(c2Nc2cccc(F)c2Cl)C(=O)NC2(CCC2)C3)ccn1)c1ccc(F)cc1)c1ccccc1O. The zero-order valence-electron chi connectivity index (χ0n) is 27.0. The molecule has 1 fully saturated rings. The summed E-state index contributed by atoms with van der Waals surface area (Å²) in [5.74, 6) is -7.05. The molecule has 2 aromatic heterocycles. The third-order valence-corrected chi connectivity index (χ3v) is 10.0. The molecule has 2 aliphatic rings. The Hall–Kier alpha value is -5.36. The first kappa shape index (κ1) is 34.1. The predicted molar refractivity (Wildman–Crippen MR) is 185 cm³/mol. The van der Waals surface area contributed by atoms with Crippen LogP contribution in [0.2, 0.25) is 5.02 Å². The smallest absolute Gasteiger partial charge is 0.290 e. The molecule has 2 amide bonds. The van der Waals surface area contributed by atoms with Crippen molar-refractivity contribution < 1.29 is 32.3 Å². The van der Waals surface area contributed by atoms with Crippen LogP contribution in [0.25, 0.3) is 11.3 Å². The third-order valence-electron chi connectivity index (χ3n) is 9.65. The predicted octanol–water partition coefficient (Wildman–Crippen LogP) is 8.36. The van der Waals surface area contributed by atoms with Crippen molar-refractivity contribution in [2.75, 3.05) is 11.9 Å². The molecule has 1 saturated carbocycles. The molecule has 3 heterocycles. The van der Waals surface area contributed by atoms with Gasteiger partial charge in [-0.3, -0.25) is 14.6 Å². The van der Waals surface area contributed by atoms with Crippen LogP contribution in [-0.2, 0) is 12.3 Å². The molecule has 1 aliphatic heterocycles. The number of carbonyl (C=O) groups is 2. The van der Waals surface area contributed by atoms with Gasteiger partial charge in [0.25, 0.3) is 17.7 Å². The van der Waals surface area contributed by atoms with E-state index in [0.717, 1.165) is 31.4 Å². The average Bonchev–Trinajstić information content (AvgIpc) is 3.46. The fourth-order valence-corrected chi connectivity index (χ4v) is 7.00. The molecule has 1 spiro atoms. The summed E-state index contributed by atoms with van der Waals surface area (Å²) in [4.78, 5) is 33.7. The highest BCUT2D eigenvalue weighted by Gasteiger charge is 2.45. The molecule has 5 aromatic rings. The topological polar surface area (TPSA) is 119 Å². The molecule has 51 heavy (non-hydrogen) atoms. The quantitative estimate of drug-likeness (QED) is 0.0931. The van der Waals surface area contributed by atoms with Gasteiger partial charge in [0.05, 0.1) is 33.2 Å². The van der Waals surface area contributed by atoms with Gasteiger partial charge in [-0.15, -0.1) is 0 Å². The van der Waals surface area contributed by atoms with Gasteiger partial charge < -0.3 is 26.0 Å². The lowest BCUT2D eigenvalue weighted by atomic mass is 9.71. The maximum absolute atomic E-state index is 16.3. The largest absolute Gasteiger partial charge is 0.507 e. The van der Waals surface area contributed by atoms with E-state index in [2.05, 4.69) is 25.9 Å². The first-order valence-electron chi connectivity index (χ1n) is 16.4. The third kappa shape index (κ3) is 6.75. The maximum atomic E-state index is 16.3. The van der Waals surface area contributed by atoms with Gasteiger partial charge in [-0.05, 0) is 73.4 Å². The summed E-state index contributed by atoms with van der Waals surface area (Å²) in [6, 6.07) is 17.9. The maximum Gasteiger partial charge on any atom is 0.290 e. The van der Waals surface area contributed by atoms with Crippen LogP contribution >= 0.6 is 11.6 Å². The number of carbonyl (C=O) groups excluding carboxylic acids is 2. The van der Waals surface area contributed by atoms with Crippen molar-refractivity contribution in [2.24, 2.45) is 0 Å². The number of nitrogens with zero attached hydrogens (tertiary/aromatic N) is 1. The standard InChI is InChI=1S/C38H32ClF4N5O3/c39-32-26(41)6-3-7-27(32)46-34-31-28(19-37(14-4-15-37)48-36(31)51)47-33(34)22-13-16-44-30(17-22)38(42,43)18-23(21-9-11-24(40)12-10-21)20-45-35(50)25-5-1-2-8-29(25)49/h1-3,5-13,16-17,23,46-47,49H,4,14-15,18-20H2,(H,45,50)(H,48,51)/t23-/m1/s1. The number of anilines is 2. The van der Waals surface area contributed by atoms with Crippen LogP contribution in [0.15, 0.2) is 85.1 Å². The Labute approximate surface area is 295 Å². The first-order valence-corrected chi connectivity index (χ1v) is 16.8. The van der Waals surface area contributed by atoms with E-state index in [1.54, 1.807) is 18.2 Å². The number of H-pyrrole nitrogens is 1. The number of pyridine rings is 1. The second-order valence-electron chi connectivity index (χ2n) is 13.0. The molecule has 8 nitrogen and oxygen atoms in total. The van der Waals surface area contributed by atoms with Crippen molar-refractivity contribution in [3.05, 3.63) is 130 Å². The highest BCUT2D eigenvalue weighted by atomic mass is 35.5.